The second kappa shape index (κ2) is 9.09. The van der Waals surface area contributed by atoms with Crippen LogP contribution in [0, 0.1) is 0 Å². The number of amides is 1. The van der Waals surface area contributed by atoms with E-state index in [1.807, 2.05) is 24.3 Å². The first-order chi connectivity index (χ1) is 14.4. The predicted molar refractivity (Wildman–Crippen MR) is 112 cm³/mol. The predicted octanol–water partition coefficient (Wildman–Crippen LogP) is 3.86. The number of anilines is 1. The number of hydrogen-bond donors (Lipinski definition) is 1. The fourth-order valence-corrected chi connectivity index (χ4v) is 3.02. The lowest BCUT2D eigenvalue weighted by molar-refractivity contribution is -0.114. The van der Waals surface area contributed by atoms with Crippen LogP contribution in [0.4, 0.5) is 5.69 Å². The topological polar surface area (TPSA) is 90.9 Å². The Labute approximate surface area is 173 Å². The molecular formula is C23H21NO6. The van der Waals surface area contributed by atoms with Crippen LogP contribution in [0.25, 0.3) is 10.8 Å². The van der Waals surface area contributed by atoms with Crippen molar-refractivity contribution in [2.45, 2.75) is 6.92 Å². The second-order valence-electron chi connectivity index (χ2n) is 6.49. The highest BCUT2D eigenvalue weighted by atomic mass is 16.5. The van der Waals surface area contributed by atoms with E-state index in [0.717, 1.165) is 10.8 Å². The summed E-state index contributed by atoms with van der Waals surface area (Å²) in [6.07, 6.45) is 0. The third-order valence-electron chi connectivity index (χ3n) is 4.46. The smallest absolute Gasteiger partial charge is 0.340 e. The lowest BCUT2D eigenvalue weighted by atomic mass is 10.0. The summed E-state index contributed by atoms with van der Waals surface area (Å²) >= 11 is 0. The Balaban J connectivity index is 1.83. The number of nitrogens with one attached hydrogen (secondary N) is 1. The second-order valence-corrected chi connectivity index (χ2v) is 6.49. The summed E-state index contributed by atoms with van der Waals surface area (Å²) in [6.45, 7) is 0.873. The van der Waals surface area contributed by atoms with Gasteiger partial charge in [0.2, 0.25) is 11.7 Å². The van der Waals surface area contributed by atoms with Gasteiger partial charge in [-0.25, -0.2) is 4.79 Å². The number of carbonyl (C=O) groups excluding carboxylic acids is 3. The molecule has 30 heavy (non-hydrogen) atoms. The third-order valence-corrected chi connectivity index (χ3v) is 4.46. The van der Waals surface area contributed by atoms with E-state index in [2.05, 4.69) is 5.32 Å². The van der Waals surface area contributed by atoms with Crippen LogP contribution in [-0.4, -0.2) is 38.5 Å². The van der Waals surface area contributed by atoms with E-state index in [9.17, 15) is 14.4 Å². The summed E-state index contributed by atoms with van der Waals surface area (Å²) in [7, 11) is 2.95. The number of hydrogen-bond acceptors (Lipinski definition) is 6. The summed E-state index contributed by atoms with van der Waals surface area (Å²) < 4.78 is 15.6. The molecule has 0 aliphatic carbocycles. The van der Waals surface area contributed by atoms with E-state index in [4.69, 9.17) is 14.2 Å². The zero-order valence-electron chi connectivity index (χ0n) is 16.9. The van der Waals surface area contributed by atoms with Crippen LogP contribution in [-0.2, 0) is 9.53 Å². The van der Waals surface area contributed by atoms with Crippen molar-refractivity contribution in [3.05, 3.63) is 65.7 Å². The molecule has 0 spiro atoms. The Morgan fingerprint density at radius 3 is 2.20 bits per heavy atom. The minimum atomic E-state index is -0.717. The molecule has 0 atom stereocenters. The van der Waals surface area contributed by atoms with Crippen LogP contribution >= 0.6 is 0 Å². The molecule has 7 heteroatoms. The Morgan fingerprint density at radius 1 is 0.867 bits per heavy atom. The largest absolute Gasteiger partial charge is 0.497 e. The van der Waals surface area contributed by atoms with Gasteiger partial charge in [0.05, 0.1) is 31.0 Å². The summed E-state index contributed by atoms with van der Waals surface area (Å²) in [5, 5.41) is 4.30. The van der Waals surface area contributed by atoms with Gasteiger partial charge in [-0.3, -0.25) is 9.59 Å². The van der Waals surface area contributed by atoms with Crippen LogP contribution in [0.5, 0.6) is 11.5 Å². The molecule has 0 unspecified atom stereocenters. The molecule has 0 bridgehead atoms. The zero-order chi connectivity index (χ0) is 21.7. The first-order valence-corrected chi connectivity index (χ1v) is 9.15. The van der Waals surface area contributed by atoms with Gasteiger partial charge in [-0.2, -0.15) is 0 Å². The van der Waals surface area contributed by atoms with E-state index >= 15 is 0 Å². The molecule has 0 saturated heterocycles. The molecule has 7 nitrogen and oxygen atoms in total. The summed E-state index contributed by atoms with van der Waals surface area (Å²) in [6, 6.07) is 15.5. The number of ether oxygens (including phenoxy) is 3. The zero-order valence-corrected chi connectivity index (χ0v) is 16.9. The van der Waals surface area contributed by atoms with Crippen molar-refractivity contribution in [2.24, 2.45) is 0 Å². The molecule has 1 amide bonds. The van der Waals surface area contributed by atoms with Crippen molar-refractivity contribution in [1.82, 2.24) is 0 Å². The number of ketones is 1. The van der Waals surface area contributed by atoms with Gasteiger partial charge >= 0.3 is 5.97 Å². The van der Waals surface area contributed by atoms with Gasteiger partial charge < -0.3 is 19.5 Å². The van der Waals surface area contributed by atoms with Crippen LogP contribution in [0.15, 0.2) is 54.6 Å². The number of esters is 1. The van der Waals surface area contributed by atoms with Crippen LogP contribution < -0.4 is 14.8 Å². The molecule has 3 aromatic carbocycles. The molecule has 0 aliphatic rings. The number of fused-ring (bicyclic) bond motifs is 1. The molecule has 0 aliphatic heterocycles. The number of carbonyl (C=O) groups is 3. The molecule has 0 heterocycles. The maximum atomic E-state index is 12.7. The number of benzene rings is 3. The summed E-state index contributed by atoms with van der Waals surface area (Å²) in [5.41, 5.74) is 0.755. The standard InChI is InChI=1S/C23H21NO6/c1-14(25)24-20-11-16-7-5-4-6-15(16)10-19(20)23(27)30-13-21(26)18-9-8-17(28-2)12-22(18)29-3/h4-12H,13H2,1-3H3,(H,24,25). The molecule has 0 aromatic heterocycles. The minimum Gasteiger partial charge on any atom is -0.497 e. The highest BCUT2D eigenvalue weighted by Crippen LogP contribution is 2.27. The van der Waals surface area contributed by atoms with Crippen molar-refractivity contribution < 1.29 is 28.6 Å². The molecule has 0 saturated carbocycles. The third kappa shape index (κ3) is 4.57. The average Bonchev–Trinajstić information content (AvgIpc) is 2.75. The Kier molecular flexibility index (Phi) is 6.32. The van der Waals surface area contributed by atoms with Crippen molar-refractivity contribution in [1.29, 1.82) is 0 Å². The van der Waals surface area contributed by atoms with Crippen molar-refractivity contribution in [3.8, 4) is 11.5 Å². The molecule has 3 rings (SSSR count). The van der Waals surface area contributed by atoms with Crippen molar-refractivity contribution in [2.75, 3.05) is 26.1 Å². The normalized spacial score (nSPS) is 10.4. The molecule has 0 fully saturated rings. The van der Waals surface area contributed by atoms with Gasteiger partial charge in [0.15, 0.2) is 6.61 Å². The van der Waals surface area contributed by atoms with E-state index in [1.54, 1.807) is 30.3 Å². The highest BCUT2D eigenvalue weighted by molar-refractivity contribution is 6.07. The van der Waals surface area contributed by atoms with E-state index in [1.165, 1.54) is 21.1 Å². The Hall–Kier alpha value is -3.87. The van der Waals surface area contributed by atoms with E-state index < -0.39 is 18.4 Å². The van der Waals surface area contributed by atoms with Gasteiger partial charge in [0, 0.05) is 13.0 Å². The number of methoxy groups -OCH3 is 2. The van der Waals surface area contributed by atoms with Crippen molar-refractivity contribution in [3.63, 3.8) is 0 Å². The summed E-state index contributed by atoms with van der Waals surface area (Å²) in [5.74, 6) is -0.607. The van der Waals surface area contributed by atoms with Gasteiger partial charge in [0.25, 0.3) is 0 Å². The lowest BCUT2D eigenvalue weighted by Crippen LogP contribution is -2.17. The first kappa shape index (κ1) is 20.9. The van der Waals surface area contributed by atoms with Gasteiger partial charge in [-0.15, -0.1) is 0 Å². The van der Waals surface area contributed by atoms with Gasteiger partial charge in [0.1, 0.15) is 11.5 Å². The lowest BCUT2D eigenvalue weighted by Gasteiger charge is -2.13. The molecule has 154 valence electrons. The average molecular weight is 407 g/mol. The molecule has 3 aromatic rings. The maximum absolute atomic E-state index is 12.7. The molecule has 1 N–H and O–H groups in total. The first-order valence-electron chi connectivity index (χ1n) is 9.15. The van der Waals surface area contributed by atoms with Crippen LogP contribution in [0.1, 0.15) is 27.6 Å². The molecular weight excluding hydrogens is 386 g/mol. The SMILES string of the molecule is COc1ccc(C(=O)COC(=O)c2cc3ccccc3cc2NC(C)=O)c(OC)c1. The quantitative estimate of drug-likeness (QED) is 0.472. The summed E-state index contributed by atoms with van der Waals surface area (Å²) in [4.78, 5) is 36.8. The van der Waals surface area contributed by atoms with E-state index in [-0.39, 0.29) is 17.0 Å². The van der Waals surface area contributed by atoms with E-state index in [0.29, 0.717) is 17.2 Å². The Morgan fingerprint density at radius 2 is 1.57 bits per heavy atom. The van der Waals surface area contributed by atoms with Crippen LogP contribution in [0.2, 0.25) is 0 Å². The van der Waals surface area contributed by atoms with Gasteiger partial charge in [-0.1, -0.05) is 24.3 Å². The Bertz CT molecular complexity index is 1120. The number of Topliss-reactive ketones (excluding diaryl/α,β-unsaturated/α-hetero) is 1. The highest BCUT2D eigenvalue weighted by Gasteiger charge is 2.19. The fraction of sp³-hybridized carbons (Fsp3) is 0.174. The van der Waals surface area contributed by atoms with Gasteiger partial charge in [-0.05, 0) is 35.0 Å². The maximum Gasteiger partial charge on any atom is 0.340 e. The van der Waals surface area contributed by atoms with Crippen molar-refractivity contribution >= 4 is 34.1 Å². The fourth-order valence-electron chi connectivity index (χ4n) is 3.02. The monoisotopic (exact) mass is 407 g/mol. The minimum absolute atomic E-state index is 0.165. The van der Waals surface area contributed by atoms with Crippen LogP contribution in [0.3, 0.4) is 0 Å². The molecule has 0 radical (unpaired) electrons. The number of rotatable bonds is 7.